The van der Waals surface area contributed by atoms with Crippen molar-refractivity contribution in [1.29, 1.82) is 0 Å². The van der Waals surface area contributed by atoms with Crippen LogP contribution in [0.15, 0.2) is 48.7 Å². The molecule has 14 heteroatoms. The summed E-state index contributed by atoms with van der Waals surface area (Å²) in [7, 11) is 1.31. The smallest absolute Gasteiger partial charge is 0.416 e. The number of benzene rings is 2. The highest BCUT2D eigenvalue weighted by Gasteiger charge is 2.36. The molecule has 0 spiro atoms. The number of carboxylic acids is 1. The SMILES string of the molecule is C[C@@H]1CN(c2ncc(C(=O)O)c(-c3ccccc3F)n2)C[C@H](C)N1.C[N-]Cc1cc(C(F)(F)F)cc(C(F)(F)F)c1. The van der Waals surface area contributed by atoms with Gasteiger partial charge < -0.3 is 20.6 Å². The maximum absolute atomic E-state index is 14.1. The molecule has 2 aromatic carbocycles. The summed E-state index contributed by atoms with van der Waals surface area (Å²) in [5.74, 6) is -1.27. The summed E-state index contributed by atoms with van der Waals surface area (Å²) in [5, 5.41) is 16.3. The van der Waals surface area contributed by atoms with Gasteiger partial charge in [-0.1, -0.05) is 17.7 Å². The fourth-order valence-corrected chi connectivity index (χ4v) is 4.32. The molecular weight excluding hydrogens is 559 g/mol. The third-order valence-corrected chi connectivity index (χ3v) is 5.96. The van der Waals surface area contributed by atoms with Crippen LogP contribution in [0, 0.1) is 5.82 Å². The maximum Gasteiger partial charge on any atom is 0.416 e. The van der Waals surface area contributed by atoms with Gasteiger partial charge in [-0.05, 0) is 44.2 Å². The lowest BCUT2D eigenvalue weighted by molar-refractivity contribution is -0.143. The number of nitrogens with zero attached hydrogens (tertiary/aromatic N) is 4. The van der Waals surface area contributed by atoms with Crippen LogP contribution < -0.4 is 10.2 Å². The highest BCUT2D eigenvalue weighted by Crippen LogP contribution is 2.36. The van der Waals surface area contributed by atoms with Crippen molar-refractivity contribution in [2.45, 2.75) is 44.8 Å². The van der Waals surface area contributed by atoms with Crippen LogP contribution >= 0.6 is 0 Å². The molecule has 2 atom stereocenters. The Balaban J connectivity index is 0.000000241. The molecule has 3 aromatic rings. The lowest BCUT2D eigenvalue weighted by Crippen LogP contribution is -2.54. The van der Waals surface area contributed by atoms with Gasteiger partial charge in [-0.2, -0.15) is 33.4 Å². The van der Waals surface area contributed by atoms with E-state index in [1.807, 2.05) is 4.90 Å². The second kappa shape index (κ2) is 12.8. The van der Waals surface area contributed by atoms with E-state index in [4.69, 9.17) is 0 Å². The van der Waals surface area contributed by atoms with Crippen molar-refractivity contribution < 1.29 is 40.6 Å². The van der Waals surface area contributed by atoms with Gasteiger partial charge in [-0.3, -0.25) is 0 Å². The van der Waals surface area contributed by atoms with Crippen molar-refractivity contribution in [3.05, 3.63) is 82.0 Å². The van der Waals surface area contributed by atoms with Gasteiger partial charge in [-0.25, -0.2) is 19.2 Å². The Morgan fingerprint density at radius 3 is 2.07 bits per heavy atom. The van der Waals surface area contributed by atoms with Crippen LogP contribution in [0.4, 0.5) is 36.7 Å². The molecule has 1 aliphatic heterocycles. The lowest BCUT2D eigenvalue weighted by Gasteiger charge is -2.36. The van der Waals surface area contributed by atoms with E-state index in [0.717, 1.165) is 0 Å². The Morgan fingerprint density at radius 2 is 1.59 bits per heavy atom. The van der Waals surface area contributed by atoms with Gasteiger partial charge >= 0.3 is 18.3 Å². The summed E-state index contributed by atoms with van der Waals surface area (Å²) in [4.78, 5) is 22.0. The number of halogens is 7. The van der Waals surface area contributed by atoms with Crippen LogP contribution in [-0.2, 0) is 18.9 Å². The number of hydrogen-bond acceptors (Lipinski definition) is 5. The van der Waals surface area contributed by atoms with E-state index in [2.05, 4.69) is 34.4 Å². The van der Waals surface area contributed by atoms with E-state index in [9.17, 15) is 40.6 Å². The summed E-state index contributed by atoms with van der Waals surface area (Å²) in [5.41, 5.74) is -2.59. The molecule has 0 unspecified atom stereocenters. The minimum absolute atomic E-state index is 0.0964. The number of aromatic nitrogens is 2. The van der Waals surface area contributed by atoms with Crippen molar-refractivity contribution in [3.8, 4) is 11.3 Å². The number of carboxylic acid groups (broad SMARTS) is 1. The van der Waals surface area contributed by atoms with Crippen LogP contribution in [0.2, 0.25) is 0 Å². The van der Waals surface area contributed by atoms with E-state index in [-0.39, 0.29) is 47.1 Å². The van der Waals surface area contributed by atoms with E-state index >= 15 is 0 Å². The first-order valence-corrected chi connectivity index (χ1v) is 12.3. The molecule has 1 aromatic heterocycles. The molecule has 222 valence electrons. The van der Waals surface area contributed by atoms with Gasteiger partial charge in [0.1, 0.15) is 11.4 Å². The molecule has 7 nitrogen and oxygen atoms in total. The molecule has 2 N–H and O–H groups in total. The Kier molecular flexibility index (Phi) is 9.92. The van der Waals surface area contributed by atoms with Crippen molar-refractivity contribution >= 4 is 11.9 Å². The first-order chi connectivity index (χ1) is 19.1. The zero-order valence-electron chi connectivity index (χ0n) is 22.2. The predicted octanol–water partition coefficient (Wildman–Crippen LogP) is 6.40. The molecule has 41 heavy (non-hydrogen) atoms. The summed E-state index contributed by atoms with van der Waals surface area (Å²) in [6.07, 6.45) is -8.35. The molecule has 4 rings (SSSR count). The minimum atomic E-state index is -4.80. The first kappa shape index (κ1) is 31.7. The highest BCUT2D eigenvalue weighted by atomic mass is 19.4. The molecule has 0 amide bonds. The van der Waals surface area contributed by atoms with Crippen LogP contribution in [0.1, 0.15) is 40.9 Å². The number of carbonyl (C=O) groups is 1. The van der Waals surface area contributed by atoms with Gasteiger partial charge in [-0.15, -0.1) is 6.54 Å². The largest absolute Gasteiger partial charge is 0.661 e. The second-order valence-electron chi connectivity index (χ2n) is 9.48. The zero-order chi connectivity index (χ0) is 30.5. The zero-order valence-corrected chi connectivity index (χ0v) is 22.2. The molecule has 0 saturated carbocycles. The third kappa shape index (κ3) is 8.36. The molecule has 0 aliphatic carbocycles. The third-order valence-electron chi connectivity index (χ3n) is 5.96. The predicted molar refractivity (Wildman–Crippen MR) is 138 cm³/mol. The quantitative estimate of drug-likeness (QED) is 0.337. The normalized spacial score (nSPS) is 17.6. The standard InChI is InChI=1S/C17H19FN4O2.C10H8F6N/c1-10-8-22(9-11(2)20-10)17-19-7-13(16(23)24)15(21-17)12-5-3-4-6-14(12)18;1-17-5-6-2-7(9(11,12)13)4-8(3-6)10(14,15)16/h3-7,10-11,20H,8-9H2,1-2H3,(H,23,24);2-4H,5H2,1H3/q;-1/t10-,11+;. The summed E-state index contributed by atoms with van der Waals surface area (Å²) in [6, 6.07) is 7.97. The van der Waals surface area contributed by atoms with E-state index in [1.165, 1.54) is 25.4 Å². The number of hydrogen-bond donors (Lipinski definition) is 2. The molecular formula is C27H27F7N5O2-. The van der Waals surface area contributed by atoms with Crippen molar-refractivity contribution in [2.24, 2.45) is 0 Å². The minimum Gasteiger partial charge on any atom is -0.661 e. The van der Waals surface area contributed by atoms with E-state index in [0.29, 0.717) is 31.2 Å². The molecule has 1 saturated heterocycles. The van der Waals surface area contributed by atoms with E-state index in [1.54, 1.807) is 12.1 Å². The van der Waals surface area contributed by atoms with Crippen molar-refractivity contribution in [2.75, 3.05) is 25.0 Å². The molecule has 2 heterocycles. The molecule has 0 radical (unpaired) electrons. The summed E-state index contributed by atoms with van der Waals surface area (Å²) < 4.78 is 88.4. The number of nitrogens with one attached hydrogen (secondary N) is 1. The topological polar surface area (TPSA) is 92.5 Å². The Bertz CT molecular complexity index is 1320. The number of piperazine rings is 1. The van der Waals surface area contributed by atoms with E-state index < -0.39 is 35.3 Å². The fourth-order valence-electron chi connectivity index (χ4n) is 4.32. The lowest BCUT2D eigenvalue weighted by atomic mass is 10.0. The van der Waals surface area contributed by atoms with Crippen molar-refractivity contribution in [1.82, 2.24) is 15.3 Å². The Morgan fingerprint density at radius 1 is 1.02 bits per heavy atom. The fraction of sp³-hybridized carbons (Fsp3) is 0.370. The van der Waals surface area contributed by atoms with Gasteiger partial charge in [0, 0.05) is 36.9 Å². The monoisotopic (exact) mass is 586 g/mol. The average Bonchev–Trinajstić information content (AvgIpc) is 2.87. The van der Waals surface area contributed by atoms with Gasteiger partial charge in [0.15, 0.2) is 0 Å². The molecule has 1 fully saturated rings. The summed E-state index contributed by atoms with van der Waals surface area (Å²) in [6.45, 7) is 5.34. The number of anilines is 1. The Hall–Kier alpha value is -3.78. The molecule has 1 aliphatic rings. The van der Waals surface area contributed by atoms with Crippen molar-refractivity contribution in [3.63, 3.8) is 0 Å². The van der Waals surface area contributed by atoms with Gasteiger partial charge in [0.2, 0.25) is 5.95 Å². The number of aromatic carboxylic acids is 1. The van der Waals surface area contributed by atoms with Gasteiger partial charge in [0.25, 0.3) is 0 Å². The van der Waals surface area contributed by atoms with Crippen LogP contribution in [0.5, 0.6) is 0 Å². The maximum atomic E-state index is 14.1. The number of rotatable bonds is 5. The number of alkyl halides is 6. The molecule has 0 bridgehead atoms. The second-order valence-corrected chi connectivity index (χ2v) is 9.48. The van der Waals surface area contributed by atoms with Crippen LogP contribution in [-0.4, -0.2) is 53.3 Å². The highest BCUT2D eigenvalue weighted by molar-refractivity contribution is 5.94. The Labute approximate surface area is 231 Å². The van der Waals surface area contributed by atoms with Crippen LogP contribution in [0.3, 0.4) is 0 Å². The first-order valence-electron chi connectivity index (χ1n) is 12.3. The average molecular weight is 587 g/mol. The van der Waals surface area contributed by atoms with Gasteiger partial charge in [0.05, 0.1) is 16.8 Å². The summed E-state index contributed by atoms with van der Waals surface area (Å²) >= 11 is 0. The van der Waals surface area contributed by atoms with Crippen LogP contribution in [0.25, 0.3) is 16.6 Å².